The molecule has 0 saturated carbocycles. The number of nitriles is 1. The molecular formula is C28H30N6O4. The molecule has 0 aliphatic carbocycles. The quantitative estimate of drug-likeness (QED) is 0.269. The van der Waals surface area contributed by atoms with Gasteiger partial charge in [0.1, 0.15) is 23.2 Å². The van der Waals surface area contributed by atoms with E-state index in [4.69, 9.17) is 15.9 Å². The van der Waals surface area contributed by atoms with Crippen LogP contribution in [0, 0.1) is 23.7 Å². The van der Waals surface area contributed by atoms with E-state index in [0.717, 1.165) is 16.9 Å². The summed E-state index contributed by atoms with van der Waals surface area (Å²) >= 11 is 0. The van der Waals surface area contributed by atoms with Gasteiger partial charge in [-0.15, -0.1) is 6.42 Å². The molecule has 0 unspecified atom stereocenters. The van der Waals surface area contributed by atoms with Crippen molar-refractivity contribution in [1.82, 2.24) is 19.5 Å². The third-order valence-electron chi connectivity index (χ3n) is 5.99. The second-order valence-corrected chi connectivity index (χ2v) is 9.92. The van der Waals surface area contributed by atoms with Gasteiger partial charge in [-0.1, -0.05) is 0 Å². The number of nitrogens with zero attached hydrogens (tertiary/aromatic N) is 6. The zero-order valence-corrected chi connectivity index (χ0v) is 21.8. The van der Waals surface area contributed by atoms with E-state index in [2.05, 4.69) is 27.0 Å². The lowest BCUT2D eigenvalue weighted by Crippen LogP contribution is -2.48. The molecule has 3 aromatic rings. The van der Waals surface area contributed by atoms with Gasteiger partial charge in [-0.3, -0.25) is 9.59 Å². The third kappa shape index (κ3) is 6.22. The highest BCUT2D eigenvalue weighted by atomic mass is 16.6. The Labute approximate surface area is 221 Å². The number of piperazine rings is 1. The number of hydrogen-bond acceptors (Lipinski definition) is 8. The normalized spacial score (nSPS) is 13.6. The monoisotopic (exact) mass is 514 g/mol. The molecule has 0 atom stereocenters. The van der Waals surface area contributed by atoms with Crippen LogP contribution in [0.15, 0.2) is 36.8 Å². The van der Waals surface area contributed by atoms with Gasteiger partial charge in [-0.05, 0) is 51.3 Å². The maximum atomic E-state index is 12.0. The molecule has 0 spiro atoms. The van der Waals surface area contributed by atoms with E-state index in [-0.39, 0.29) is 18.3 Å². The highest BCUT2D eigenvalue weighted by Crippen LogP contribution is 2.31. The molecule has 0 N–H and O–H groups in total. The first kappa shape index (κ1) is 26.5. The zero-order valence-electron chi connectivity index (χ0n) is 21.8. The minimum atomic E-state index is -0.518. The van der Waals surface area contributed by atoms with E-state index < -0.39 is 5.60 Å². The first-order valence-electron chi connectivity index (χ1n) is 12.4. The van der Waals surface area contributed by atoms with Crippen LogP contribution < -0.4 is 9.64 Å². The van der Waals surface area contributed by atoms with E-state index in [9.17, 15) is 14.9 Å². The second kappa shape index (κ2) is 11.2. The van der Waals surface area contributed by atoms with E-state index in [0.29, 0.717) is 56.0 Å². The fraction of sp³-hybridized carbons (Fsp3) is 0.393. The number of ether oxygens (including phenoxy) is 2. The van der Waals surface area contributed by atoms with Gasteiger partial charge in [-0.2, -0.15) is 10.4 Å². The Balaban J connectivity index is 1.49. The average molecular weight is 515 g/mol. The van der Waals surface area contributed by atoms with Gasteiger partial charge in [-0.25, -0.2) is 9.50 Å². The zero-order chi connectivity index (χ0) is 27.3. The van der Waals surface area contributed by atoms with Crippen LogP contribution >= 0.6 is 0 Å². The summed E-state index contributed by atoms with van der Waals surface area (Å²) in [6, 6.07) is 7.91. The molecule has 1 fully saturated rings. The lowest BCUT2D eigenvalue weighted by Gasteiger charge is -2.34. The minimum absolute atomic E-state index is 0.253. The SMILES string of the molecule is C#CC(=O)N1CCN(c2ccc(-c3cc(OCCCC(=O)OC(C)(C)C)cn4ncc(C#N)c34)cn2)CC1. The number of terminal acetylenes is 1. The van der Waals surface area contributed by atoms with Crippen LogP contribution in [0.4, 0.5) is 5.82 Å². The Bertz CT molecular complexity index is 1400. The van der Waals surface area contributed by atoms with Crippen molar-refractivity contribution in [1.29, 1.82) is 5.26 Å². The number of aromatic nitrogens is 3. The number of esters is 1. The summed E-state index contributed by atoms with van der Waals surface area (Å²) in [5, 5.41) is 13.9. The van der Waals surface area contributed by atoms with E-state index in [1.165, 1.54) is 6.20 Å². The van der Waals surface area contributed by atoms with E-state index in [1.54, 1.807) is 21.8 Å². The lowest BCUT2D eigenvalue weighted by atomic mass is 10.1. The first-order valence-corrected chi connectivity index (χ1v) is 12.4. The topological polar surface area (TPSA) is 113 Å². The molecule has 0 radical (unpaired) electrons. The number of carbonyl (C=O) groups is 2. The summed E-state index contributed by atoms with van der Waals surface area (Å²) < 4.78 is 12.9. The molecule has 1 saturated heterocycles. The predicted octanol–water partition coefficient (Wildman–Crippen LogP) is 3.05. The Morgan fingerprint density at radius 2 is 1.92 bits per heavy atom. The minimum Gasteiger partial charge on any atom is -0.492 e. The number of hydrogen-bond donors (Lipinski definition) is 0. The Hall–Kier alpha value is -4.57. The third-order valence-corrected chi connectivity index (χ3v) is 5.99. The average Bonchev–Trinajstić information content (AvgIpc) is 3.32. The molecule has 0 aromatic carbocycles. The molecule has 1 amide bonds. The van der Waals surface area contributed by atoms with Crippen LogP contribution in [0.3, 0.4) is 0 Å². The van der Waals surface area contributed by atoms with Crippen LogP contribution in [0.25, 0.3) is 16.6 Å². The van der Waals surface area contributed by atoms with Gasteiger partial charge in [0.25, 0.3) is 5.91 Å². The van der Waals surface area contributed by atoms with Crippen LogP contribution in [0.1, 0.15) is 39.2 Å². The van der Waals surface area contributed by atoms with E-state index >= 15 is 0 Å². The van der Waals surface area contributed by atoms with E-state index in [1.807, 2.05) is 39.0 Å². The smallest absolute Gasteiger partial charge is 0.306 e. The Kier molecular flexibility index (Phi) is 7.82. The maximum absolute atomic E-state index is 12.0. The molecule has 38 heavy (non-hydrogen) atoms. The van der Waals surface area contributed by atoms with Crippen LogP contribution in [0.2, 0.25) is 0 Å². The predicted molar refractivity (Wildman–Crippen MR) is 141 cm³/mol. The van der Waals surface area contributed by atoms with Crippen molar-refractivity contribution in [2.45, 2.75) is 39.2 Å². The molecule has 10 heteroatoms. The number of rotatable bonds is 7. The Morgan fingerprint density at radius 3 is 2.55 bits per heavy atom. The molecule has 1 aliphatic heterocycles. The molecule has 3 aromatic heterocycles. The van der Waals surface area contributed by atoms with Gasteiger partial charge in [0.2, 0.25) is 0 Å². The molecule has 1 aliphatic rings. The van der Waals surface area contributed by atoms with Crippen molar-refractivity contribution < 1.29 is 19.1 Å². The van der Waals surface area contributed by atoms with Crippen molar-refractivity contribution in [3.63, 3.8) is 0 Å². The number of pyridine rings is 2. The van der Waals surface area contributed by atoms with Crippen LogP contribution in [-0.4, -0.2) is 69.8 Å². The number of carbonyl (C=O) groups excluding carboxylic acids is 2. The molecule has 0 bridgehead atoms. The standard InChI is InChI=1S/C28H30N6O4/c1-5-25(35)33-12-10-32(11-13-33)24-9-8-20(17-30-24)23-15-22(19-34-27(23)21(16-29)18-31-34)37-14-6-7-26(36)38-28(2,3)4/h1,8-9,15,17-19H,6-7,10-14H2,2-4H3. The van der Waals surface area contributed by atoms with Crippen LogP contribution in [-0.2, 0) is 14.3 Å². The molecule has 196 valence electrons. The number of anilines is 1. The van der Waals surface area contributed by atoms with Crippen molar-refractivity contribution in [2.24, 2.45) is 0 Å². The van der Waals surface area contributed by atoms with Crippen molar-refractivity contribution in [3.05, 3.63) is 42.4 Å². The highest BCUT2D eigenvalue weighted by molar-refractivity contribution is 5.93. The summed E-state index contributed by atoms with van der Waals surface area (Å²) in [6.07, 6.45) is 11.0. The molecule has 4 rings (SSSR count). The van der Waals surface area contributed by atoms with Gasteiger partial charge >= 0.3 is 5.97 Å². The fourth-order valence-corrected chi connectivity index (χ4v) is 4.24. The maximum Gasteiger partial charge on any atom is 0.306 e. The van der Waals surface area contributed by atoms with Crippen molar-refractivity contribution in [3.8, 4) is 35.3 Å². The Morgan fingerprint density at radius 1 is 1.16 bits per heavy atom. The largest absolute Gasteiger partial charge is 0.492 e. The number of fused-ring (bicyclic) bond motifs is 1. The van der Waals surface area contributed by atoms with Crippen molar-refractivity contribution >= 4 is 23.2 Å². The van der Waals surface area contributed by atoms with Gasteiger partial charge in [0.15, 0.2) is 0 Å². The number of amides is 1. The summed E-state index contributed by atoms with van der Waals surface area (Å²) in [5.41, 5.74) is 2.14. The molecular weight excluding hydrogens is 484 g/mol. The molecule has 10 nitrogen and oxygen atoms in total. The first-order chi connectivity index (χ1) is 18.2. The summed E-state index contributed by atoms with van der Waals surface area (Å²) in [4.78, 5) is 32.1. The lowest BCUT2D eigenvalue weighted by molar-refractivity contribution is -0.155. The van der Waals surface area contributed by atoms with Gasteiger partial charge < -0.3 is 19.3 Å². The van der Waals surface area contributed by atoms with Gasteiger partial charge in [0.05, 0.1) is 30.1 Å². The van der Waals surface area contributed by atoms with Crippen molar-refractivity contribution in [2.75, 3.05) is 37.7 Å². The summed E-state index contributed by atoms with van der Waals surface area (Å²) in [6.45, 7) is 8.19. The highest BCUT2D eigenvalue weighted by Gasteiger charge is 2.21. The fourth-order valence-electron chi connectivity index (χ4n) is 4.24. The summed E-state index contributed by atoms with van der Waals surface area (Å²) in [5.74, 6) is 2.95. The summed E-state index contributed by atoms with van der Waals surface area (Å²) in [7, 11) is 0. The van der Waals surface area contributed by atoms with Crippen LogP contribution in [0.5, 0.6) is 5.75 Å². The molecule has 4 heterocycles. The second-order valence-electron chi connectivity index (χ2n) is 9.92. The van der Waals surface area contributed by atoms with Gasteiger partial charge in [0, 0.05) is 49.9 Å².